The summed E-state index contributed by atoms with van der Waals surface area (Å²) in [5.74, 6) is 0.840. The van der Waals surface area contributed by atoms with Gasteiger partial charge in [-0.05, 0) is 76.9 Å². The van der Waals surface area contributed by atoms with Gasteiger partial charge in [0.05, 0.1) is 36.4 Å². The first-order chi connectivity index (χ1) is 13.7. The van der Waals surface area contributed by atoms with Crippen LogP contribution in [0.2, 0.25) is 0 Å². The molecule has 1 aliphatic heterocycles. The summed E-state index contributed by atoms with van der Waals surface area (Å²) in [6.07, 6.45) is 3.50. The van der Waals surface area contributed by atoms with Crippen LogP contribution in [0.3, 0.4) is 0 Å². The lowest BCUT2D eigenvalue weighted by atomic mass is 9.78. The van der Waals surface area contributed by atoms with Crippen molar-refractivity contribution in [2.75, 3.05) is 13.7 Å². The molecule has 1 heterocycles. The van der Waals surface area contributed by atoms with Crippen LogP contribution in [0.5, 0.6) is 5.75 Å². The van der Waals surface area contributed by atoms with E-state index in [1.165, 1.54) is 7.11 Å². The lowest BCUT2D eigenvalue weighted by Crippen LogP contribution is -2.41. The molecule has 1 saturated carbocycles. The minimum atomic E-state index is -0.505. The molecule has 29 heavy (non-hydrogen) atoms. The van der Waals surface area contributed by atoms with E-state index in [4.69, 9.17) is 18.8 Å². The molecule has 1 aliphatic carbocycles. The number of benzene rings is 1. The van der Waals surface area contributed by atoms with E-state index >= 15 is 0 Å². The molecule has 3 rings (SSSR count). The van der Waals surface area contributed by atoms with Crippen LogP contribution < -0.4 is 10.2 Å². The SMILES string of the molecule is COC(=O)C1CCC(COc2ccc(B3OC(C)(C)C(C)(C)O3)cc2C#N)CC1. The van der Waals surface area contributed by atoms with Crippen LogP contribution in [0.25, 0.3) is 0 Å². The van der Waals surface area contributed by atoms with Crippen molar-refractivity contribution in [3.63, 3.8) is 0 Å². The van der Waals surface area contributed by atoms with Crippen molar-refractivity contribution in [1.29, 1.82) is 5.26 Å². The van der Waals surface area contributed by atoms with Gasteiger partial charge in [0.25, 0.3) is 0 Å². The van der Waals surface area contributed by atoms with E-state index in [-0.39, 0.29) is 11.9 Å². The number of ether oxygens (including phenoxy) is 2. The van der Waals surface area contributed by atoms with Crippen molar-refractivity contribution < 1.29 is 23.6 Å². The molecule has 0 unspecified atom stereocenters. The Hall–Kier alpha value is -2.04. The van der Waals surface area contributed by atoms with Crippen LogP contribution in [0.15, 0.2) is 18.2 Å². The van der Waals surface area contributed by atoms with E-state index in [2.05, 4.69) is 6.07 Å². The molecule has 1 aromatic carbocycles. The van der Waals surface area contributed by atoms with E-state index in [1.54, 1.807) is 6.07 Å². The fourth-order valence-electron chi connectivity index (χ4n) is 3.83. The lowest BCUT2D eigenvalue weighted by Gasteiger charge is -2.32. The van der Waals surface area contributed by atoms with Gasteiger partial charge in [-0.2, -0.15) is 5.26 Å². The van der Waals surface area contributed by atoms with Gasteiger partial charge in [-0.25, -0.2) is 0 Å². The van der Waals surface area contributed by atoms with Gasteiger partial charge in [0.1, 0.15) is 11.8 Å². The summed E-state index contributed by atoms with van der Waals surface area (Å²) < 4.78 is 23.0. The Balaban J connectivity index is 1.61. The Labute approximate surface area is 173 Å². The molecule has 2 aliphatic rings. The lowest BCUT2D eigenvalue weighted by molar-refractivity contribution is -0.146. The topological polar surface area (TPSA) is 77.8 Å². The Bertz CT molecular complexity index is 777. The Kier molecular flexibility index (Phi) is 6.26. The highest BCUT2D eigenvalue weighted by atomic mass is 16.7. The number of hydrogen-bond acceptors (Lipinski definition) is 6. The zero-order valence-electron chi connectivity index (χ0n) is 18.0. The summed E-state index contributed by atoms with van der Waals surface area (Å²) in [6.45, 7) is 8.56. The number of hydrogen-bond donors (Lipinski definition) is 0. The van der Waals surface area contributed by atoms with Gasteiger partial charge in [-0.15, -0.1) is 0 Å². The van der Waals surface area contributed by atoms with Crippen LogP contribution >= 0.6 is 0 Å². The standard InChI is InChI=1S/C22H30BNO5/c1-21(2)22(3,4)29-23(28-21)18-10-11-19(17(12-18)13-24)27-14-15-6-8-16(9-7-15)20(25)26-5/h10-12,15-16H,6-9,14H2,1-5H3. The Morgan fingerprint density at radius 2 is 1.79 bits per heavy atom. The molecule has 0 spiro atoms. The molecular formula is C22H30BNO5. The maximum absolute atomic E-state index is 11.6. The van der Waals surface area contributed by atoms with E-state index in [1.807, 2.05) is 39.8 Å². The summed E-state index contributed by atoms with van der Waals surface area (Å²) in [7, 11) is 0.934. The van der Waals surface area contributed by atoms with Crippen molar-refractivity contribution in [3.8, 4) is 11.8 Å². The first-order valence-electron chi connectivity index (χ1n) is 10.3. The summed E-state index contributed by atoms with van der Waals surface area (Å²) in [6, 6.07) is 7.72. The largest absolute Gasteiger partial charge is 0.494 e. The zero-order chi connectivity index (χ0) is 21.2. The zero-order valence-corrected chi connectivity index (χ0v) is 18.0. The van der Waals surface area contributed by atoms with Gasteiger partial charge in [0.2, 0.25) is 0 Å². The van der Waals surface area contributed by atoms with Crippen molar-refractivity contribution >= 4 is 18.6 Å². The molecule has 2 fully saturated rings. The summed E-state index contributed by atoms with van der Waals surface area (Å²) in [5.41, 5.74) is 0.428. The van der Waals surface area contributed by atoms with Crippen LogP contribution in [0.4, 0.5) is 0 Å². The van der Waals surface area contributed by atoms with E-state index < -0.39 is 18.3 Å². The molecule has 0 aromatic heterocycles. The van der Waals surface area contributed by atoms with E-state index in [0.29, 0.717) is 23.8 Å². The predicted octanol–water partition coefficient (Wildman–Crippen LogP) is 3.22. The fourth-order valence-corrected chi connectivity index (χ4v) is 3.83. The predicted molar refractivity (Wildman–Crippen MR) is 110 cm³/mol. The third kappa shape index (κ3) is 4.60. The Morgan fingerprint density at radius 1 is 1.17 bits per heavy atom. The van der Waals surface area contributed by atoms with Crippen molar-refractivity contribution in [3.05, 3.63) is 23.8 Å². The highest BCUT2D eigenvalue weighted by molar-refractivity contribution is 6.62. The second-order valence-corrected chi connectivity index (χ2v) is 9.01. The number of carbonyl (C=O) groups excluding carboxylic acids is 1. The van der Waals surface area contributed by atoms with Gasteiger partial charge in [-0.1, -0.05) is 6.07 Å². The van der Waals surface area contributed by atoms with Crippen molar-refractivity contribution in [2.45, 2.75) is 64.6 Å². The third-order valence-corrected chi connectivity index (χ3v) is 6.51. The molecule has 0 radical (unpaired) electrons. The molecule has 1 aromatic rings. The van der Waals surface area contributed by atoms with Gasteiger partial charge in [0, 0.05) is 0 Å². The normalized spacial score (nSPS) is 25.3. The molecule has 1 saturated heterocycles. The van der Waals surface area contributed by atoms with Gasteiger partial charge < -0.3 is 18.8 Å². The first-order valence-corrected chi connectivity index (χ1v) is 10.3. The molecule has 6 nitrogen and oxygen atoms in total. The quantitative estimate of drug-likeness (QED) is 0.559. The number of rotatable bonds is 5. The maximum Gasteiger partial charge on any atom is 0.494 e. The molecule has 0 N–H and O–H groups in total. The molecule has 156 valence electrons. The molecular weight excluding hydrogens is 369 g/mol. The van der Waals surface area contributed by atoms with Crippen LogP contribution in [0, 0.1) is 23.2 Å². The van der Waals surface area contributed by atoms with Gasteiger partial charge >= 0.3 is 13.1 Å². The average molecular weight is 399 g/mol. The molecule has 7 heteroatoms. The average Bonchev–Trinajstić information content (AvgIpc) is 2.93. The van der Waals surface area contributed by atoms with Crippen LogP contribution in [-0.4, -0.2) is 38.0 Å². The van der Waals surface area contributed by atoms with E-state index in [0.717, 1.165) is 31.1 Å². The second kappa shape index (κ2) is 8.37. The van der Waals surface area contributed by atoms with E-state index in [9.17, 15) is 10.1 Å². The number of carbonyl (C=O) groups is 1. The van der Waals surface area contributed by atoms with Crippen LogP contribution in [0.1, 0.15) is 58.9 Å². The maximum atomic E-state index is 11.6. The fraction of sp³-hybridized carbons (Fsp3) is 0.636. The number of nitriles is 1. The monoisotopic (exact) mass is 399 g/mol. The Morgan fingerprint density at radius 3 is 2.34 bits per heavy atom. The van der Waals surface area contributed by atoms with Gasteiger partial charge in [0.15, 0.2) is 0 Å². The highest BCUT2D eigenvalue weighted by Crippen LogP contribution is 2.37. The van der Waals surface area contributed by atoms with Crippen molar-refractivity contribution in [2.24, 2.45) is 11.8 Å². The minimum Gasteiger partial charge on any atom is -0.492 e. The minimum absolute atomic E-state index is 0.00474. The first kappa shape index (κ1) is 21.7. The van der Waals surface area contributed by atoms with Crippen molar-refractivity contribution in [1.82, 2.24) is 0 Å². The number of esters is 1. The highest BCUT2D eigenvalue weighted by Gasteiger charge is 2.51. The third-order valence-electron chi connectivity index (χ3n) is 6.51. The molecule has 0 amide bonds. The molecule has 0 bridgehead atoms. The summed E-state index contributed by atoms with van der Waals surface area (Å²) in [5, 5.41) is 9.59. The summed E-state index contributed by atoms with van der Waals surface area (Å²) in [4.78, 5) is 11.6. The van der Waals surface area contributed by atoms with Gasteiger partial charge in [-0.3, -0.25) is 4.79 Å². The van der Waals surface area contributed by atoms with Crippen LogP contribution in [-0.2, 0) is 18.8 Å². The smallest absolute Gasteiger partial charge is 0.492 e. The molecule has 0 atom stereocenters. The number of methoxy groups -OCH3 is 1. The summed E-state index contributed by atoms with van der Waals surface area (Å²) >= 11 is 0. The second-order valence-electron chi connectivity index (χ2n) is 9.01. The number of nitrogens with zero attached hydrogens (tertiary/aromatic N) is 1.